The molecular formula is C35H48FN5O4+2. The molecule has 4 saturated heterocycles. The Kier molecular flexibility index (Phi) is 9.12. The Hall–Kier alpha value is -3.37. The number of halogens is 1. The lowest BCUT2D eigenvalue weighted by molar-refractivity contribution is -0.655. The summed E-state index contributed by atoms with van der Waals surface area (Å²) in [6.45, 7) is 8.59. The van der Waals surface area contributed by atoms with E-state index >= 15 is 0 Å². The summed E-state index contributed by atoms with van der Waals surface area (Å²) < 4.78 is 27.3. The van der Waals surface area contributed by atoms with Crippen LogP contribution in [0.5, 0.6) is 11.5 Å². The van der Waals surface area contributed by atoms with E-state index in [2.05, 4.69) is 21.6 Å². The number of ether oxygens (including phenoxy) is 2. The molecule has 0 bridgehead atoms. The van der Waals surface area contributed by atoms with Crippen molar-refractivity contribution in [2.24, 2.45) is 5.92 Å². The highest BCUT2D eigenvalue weighted by Gasteiger charge is 2.36. The molecule has 2 aromatic carbocycles. The molecule has 4 heterocycles. The number of piperidine rings is 2. The van der Waals surface area contributed by atoms with Crippen molar-refractivity contribution in [1.29, 1.82) is 0 Å². The third kappa shape index (κ3) is 7.22. The monoisotopic (exact) mass is 621 g/mol. The van der Waals surface area contributed by atoms with Crippen molar-refractivity contribution in [3.05, 3.63) is 53.3 Å². The molecule has 9 nitrogen and oxygen atoms in total. The molecule has 4 aliphatic heterocycles. The molecule has 10 heteroatoms. The van der Waals surface area contributed by atoms with Gasteiger partial charge in [-0.1, -0.05) is 0 Å². The Morgan fingerprint density at radius 2 is 1.49 bits per heavy atom. The van der Waals surface area contributed by atoms with Crippen LogP contribution < -0.4 is 25.0 Å². The number of hydrogen-bond donors (Lipinski definition) is 2. The number of anilines is 1. The number of hydrogen-bond acceptors (Lipinski definition) is 5. The Labute approximate surface area is 265 Å². The Morgan fingerprint density at radius 3 is 2.20 bits per heavy atom. The van der Waals surface area contributed by atoms with Crippen LogP contribution in [-0.2, 0) is 4.79 Å². The number of amides is 2. The van der Waals surface area contributed by atoms with E-state index in [1.54, 1.807) is 6.07 Å². The first-order valence-electron chi connectivity index (χ1n) is 17.2. The fraction of sp³-hybridized carbons (Fsp3) is 0.600. The highest BCUT2D eigenvalue weighted by Crippen LogP contribution is 2.38. The normalized spacial score (nSPS) is 23.3. The summed E-state index contributed by atoms with van der Waals surface area (Å²) in [5.74, 6) is 2.05. The van der Waals surface area contributed by atoms with Gasteiger partial charge in [0.25, 0.3) is 5.91 Å². The van der Waals surface area contributed by atoms with Crippen LogP contribution in [0, 0.1) is 11.7 Å². The Balaban J connectivity index is 0.994. The van der Waals surface area contributed by atoms with Crippen LogP contribution in [0.1, 0.15) is 66.8 Å². The molecule has 2 aromatic rings. The number of benzene rings is 2. The smallest absolute Gasteiger partial charge is 0.253 e. The zero-order valence-electron chi connectivity index (χ0n) is 26.3. The van der Waals surface area contributed by atoms with Crippen LogP contribution in [-0.4, -0.2) is 99.3 Å². The Morgan fingerprint density at radius 1 is 0.733 bits per heavy atom. The molecule has 1 atom stereocenters. The van der Waals surface area contributed by atoms with Gasteiger partial charge in [0, 0.05) is 74.7 Å². The van der Waals surface area contributed by atoms with Gasteiger partial charge in [-0.05, 0) is 61.4 Å². The molecule has 0 aromatic heterocycles. The molecule has 0 spiro atoms. The summed E-state index contributed by atoms with van der Waals surface area (Å²) in [6.07, 6.45) is 6.42. The van der Waals surface area contributed by atoms with Crippen molar-refractivity contribution < 1.29 is 34.1 Å². The molecule has 1 saturated carbocycles. The fourth-order valence-corrected chi connectivity index (χ4v) is 7.48. The van der Waals surface area contributed by atoms with Crippen molar-refractivity contribution in [2.75, 3.05) is 70.3 Å². The van der Waals surface area contributed by atoms with Gasteiger partial charge in [-0.25, -0.2) is 4.39 Å². The van der Waals surface area contributed by atoms with E-state index in [9.17, 15) is 14.0 Å². The van der Waals surface area contributed by atoms with E-state index in [-0.39, 0.29) is 35.8 Å². The number of nitrogens with two attached hydrogens (primary N) is 2. The van der Waals surface area contributed by atoms with Crippen LogP contribution in [0.2, 0.25) is 0 Å². The second kappa shape index (κ2) is 13.5. The van der Waals surface area contributed by atoms with E-state index in [4.69, 9.17) is 9.47 Å². The topological polar surface area (TPSA) is 95.5 Å². The van der Waals surface area contributed by atoms with Gasteiger partial charge in [0.1, 0.15) is 30.0 Å². The van der Waals surface area contributed by atoms with Gasteiger partial charge in [0.15, 0.2) is 6.10 Å². The maximum atomic E-state index is 14.5. The third-order valence-electron chi connectivity index (χ3n) is 10.3. The van der Waals surface area contributed by atoms with E-state index < -0.39 is 0 Å². The average Bonchev–Trinajstić information content (AvgIpc) is 3.80. The predicted octanol–water partition coefficient (Wildman–Crippen LogP) is 1.72. The summed E-state index contributed by atoms with van der Waals surface area (Å²) in [5.41, 5.74) is 2.68. The second-order valence-electron chi connectivity index (χ2n) is 13.6. The second-order valence-corrected chi connectivity index (χ2v) is 13.6. The summed E-state index contributed by atoms with van der Waals surface area (Å²) in [5, 5.41) is 4.57. The maximum absolute atomic E-state index is 14.5. The van der Waals surface area contributed by atoms with Crippen molar-refractivity contribution in [1.82, 2.24) is 9.80 Å². The number of piperazine rings is 1. The van der Waals surface area contributed by atoms with Gasteiger partial charge in [-0.15, -0.1) is 0 Å². The lowest BCUT2D eigenvalue weighted by Gasteiger charge is -2.34. The molecule has 1 aliphatic carbocycles. The van der Waals surface area contributed by atoms with Gasteiger partial charge in [0.05, 0.1) is 32.7 Å². The van der Waals surface area contributed by atoms with Crippen LogP contribution in [0.15, 0.2) is 36.4 Å². The fourth-order valence-electron chi connectivity index (χ4n) is 7.48. The molecule has 0 radical (unpaired) electrons. The summed E-state index contributed by atoms with van der Waals surface area (Å²) in [6, 6.07) is 11.0. The molecule has 2 amide bonds. The molecular weight excluding hydrogens is 573 g/mol. The van der Waals surface area contributed by atoms with E-state index in [0.29, 0.717) is 43.2 Å². The number of quaternary nitrogens is 2. The molecule has 242 valence electrons. The molecule has 0 unspecified atom stereocenters. The van der Waals surface area contributed by atoms with Crippen LogP contribution in [0.3, 0.4) is 0 Å². The molecule has 45 heavy (non-hydrogen) atoms. The van der Waals surface area contributed by atoms with Crippen LogP contribution in [0.25, 0.3) is 0 Å². The van der Waals surface area contributed by atoms with E-state index in [0.717, 1.165) is 101 Å². The quantitative estimate of drug-likeness (QED) is 0.469. The van der Waals surface area contributed by atoms with Crippen LogP contribution in [0.4, 0.5) is 10.1 Å². The maximum Gasteiger partial charge on any atom is 0.253 e. The minimum atomic E-state index is -0.279. The highest BCUT2D eigenvalue weighted by molar-refractivity contribution is 5.94. The van der Waals surface area contributed by atoms with E-state index in [1.807, 2.05) is 28.0 Å². The van der Waals surface area contributed by atoms with E-state index in [1.165, 1.54) is 6.07 Å². The summed E-state index contributed by atoms with van der Waals surface area (Å²) >= 11 is 0. The van der Waals surface area contributed by atoms with Gasteiger partial charge in [0.2, 0.25) is 5.91 Å². The molecule has 7 rings (SSSR count). The number of nitrogens with zero attached hydrogens (tertiary/aromatic N) is 3. The first kappa shape index (κ1) is 30.3. The Bertz CT molecular complexity index is 1360. The van der Waals surface area contributed by atoms with Gasteiger partial charge >= 0.3 is 0 Å². The van der Waals surface area contributed by atoms with Crippen molar-refractivity contribution in [2.45, 2.75) is 63.1 Å². The summed E-state index contributed by atoms with van der Waals surface area (Å²) in [7, 11) is 0. The van der Waals surface area contributed by atoms with Gasteiger partial charge in [-0.3, -0.25) is 9.59 Å². The van der Waals surface area contributed by atoms with Crippen LogP contribution >= 0.6 is 0 Å². The van der Waals surface area contributed by atoms with Crippen molar-refractivity contribution in [3.63, 3.8) is 0 Å². The number of carbonyl (C=O) groups is 2. The minimum Gasteiger partial charge on any atom is -0.490 e. The number of carbonyl (C=O) groups excluding carboxylic acids is 2. The lowest BCUT2D eigenvalue weighted by atomic mass is 9.87. The largest absolute Gasteiger partial charge is 0.490 e. The standard InChI is InChI=1S/C35H46FN5O4/c36-27-20-28(39-17-11-37-12-18-39)22-31(21-27)44-29-8-15-41(16-9-29)35(43)26-3-4-33(45-30-5-10-38-23-30)32(19-26)24-6-13-40(14-7-24)34(42)25-1-2-25/h3-4,19-22,24-25,29-30,37-38H,1-2,5-18,23H2/p+2/t30-/m0/s1. The summed E-state index contributed by atoms with van der Waals surface area (Å²) in [4.78, 5) is 32.6. The number of rotatable bonds is 8. The first-order chi connectivity index (χ1) is 22.0. The minimum absolute atomic E-state index is 0.0340. The van der Waals surface area contributed by atoms with Crippen molar-refractivity contribution >= 4 is 17.5 Å². The lowest BCUT2D eigenvalue weighted by Crippen LogP contribution is -2.89. The highest BCUT2D eigenvalue weighted by atomic mass is 19.1. The predicted molar refractivity (Wildman–Crippen MR) is 168 cm³/mol. The molecule has 5 fully saturated rings. The van der Waals surface area contributed by atoms with Gasteiger partial charge in [-0.2, -0.15) is 0 Å². The molecule has 4 N–H and O–H groups in total. The van der Waals surface area contributed by atoms with Gasteiger partial charge < -0.3 is 34.8 Å². The third-order valence-corrected chi connectivity index (χ3v) is 10.3. The SMILES string of the molecule is O=C(c1ccc(O[C@H]2CC[NH2+]C2)c(C2CCN(C(=O)C3CC3)CC2)c1)N1CCC(Oc2cc(F)cc(N3CC[NH2+]CC3)c2)CC1. The zero-order valence-corrected chi connectivity index (χ0v) is 26.3. The first-order valence-corrected chi connectivity index (χ1v) is 17.2. The number of likely N-dealkylation sites (tertiary alicyclic amines) is 2. The average molecular weight is 622 g/mol. The molecule has 5 aliphatic rings. The van der Waals surface area contributed by atoms with Crippen molar-refractivity contribution in [3.8, 4) is 11.5 Å². The zero-order chi connectivity index (χ0) is 30.8.